The van der Waals surface area contributed by atoms with Crippen LogP contribution in [0.4, 0.5) is 0 Å². The van der Waals surface area contributed by atoms with Crippen LogP contribution < -0.4 is 5.73 Å². The number of carbonyl (C=O) groups is 1. The zero-order valence-electron chi connectivity index (χ0n) is 8.08. The Morgan fingerprint density at radius 2 is 2.08 bits per heavy atom. The molecular formula is C10H17NO2. The van der Waals surface area contributed by atoms with Crippen LogP contribution >= 0.6 is 0 Å². The quantitative estimate of drug-likeness (QED) is 0.662. The topological polar surface area (TPSA) is 52.3 Å². The van der Waals surface area contributed by atoms with Crippen molar-refractivity contribution in [3.63, 3.8) is 0 Å². The summed E-state index contributed by atoms with van der Waals surface area (Å²) in [6.07, 6.45) is 4.63. The summed E-state index contributed by atoms with van der Waals surface area (Å²) in [4.78, 5) is 11.4. The summed E-state index contributed by atoms with van der Waals surface area (Å²) < 4.78 is 4.78. The van der Waals surface area contributed by atoms with E-state index in [0.29, 0.717) is 6.54 Å². The van der Waals surface area contributed by atoms with Crippen LogP contribution in [0.5, 0.6) is 0 Å². The summed E-state index contributed by atoms with van der Waals surface area (Å²) >= 11 is 0. The highest BCUT2D eigenvalue weighted by Crippen LogP contribution is 2.55. The molecule has 2 fully saturated rings. The smallest absolute Gasteiger partial charge is 0.313 e. The molecule has 0 saturated heterocycles. The van der Waals surface area contributed by atoms with Gasteiger partial charge in [-0.05, 0) is 37.5 Å². The van der Waals surface area contributed by atoms with E-state index in [2.05, 4.69) is 0 Å². The number of carbonyl (C=O) groups excluding carboxylic acids is 1. The molecule has 2 N–H and O–H groups in total. The Morgan fingerprint density at radius 1 is 1.46 bits per heavy atom. The van der Waals surface area contributed by atoms with E-state index in [1.165, 1.54) is 20.0 Å². The van der Waals surface area contributed by atoms with E-state index < -0.39 is 0 Å². The number of ether oxygens (including phenoxy) is 1. The van der Waals surface area contributed by atoms with Crippen molar-refractivity contribution in [3.05, 3.63) is 0 Å². The molecule has 0 bridgehead atoms. The van der Waals surface area contributed by atoms with Crippen molar-refractivity contribution in [1.82, 2.24) is 0 Å². The van der Waals surface area contributed by atoms with Crippen molar-refractivity contribution in [2.24, 2.45) is 23.0 Å². The monoisotopic (exact) mass is 183 g/mol. The van der Waals surface area contributed by atoms with E-state index >= 15 is 0 Å². The van der Waals surface area contributed by atoms with Gasteiger partial charge in [-0.15, -0.1) is 0 Å². The predicted octanol–water partition coefficient (Wildman–Crippen LogP) is 0.924. The maximum Gasteiger partial charge on any atom is 0.313 e. The molecule has 3 nitrogen and oxygen atoms in total. The maximum absolute atomic E-state index is 11.4. The van der Waals surface area contributed by atoms with Gasteiger partial charge in [-0.1, -0.05) is 0 Å². The molecule has 0 aliphatic heterocycles. The first kappa shape index (κ1) is 9.00. The van der Waals surface area contributed by atoms with E-state index in [1.807, 2.05) is 0 Å². The molecule has 2 saturated carbocycles. The molecule has 3 heteroatoms. The van der Waals surface area contributed by atoms with E-state index in [1.54, 1.807) is 0 Å². The van der Waals surface area contributed by atoms with Gasteiger partial charge >= 0.3 is 5.97 Å². The Kier molecular flexibility index (Phi) is 2.06. The fraction of sp³-hybridized carbons (Fsp3) is 0.900. The summed E-state index contributed by atoms with van der Waals surface area (Å²) in [6.45, 7) is 0.447. The lowest BCUT2D eigenvalue weighted by Gasteiger charge is -2.44. The van der Waals surface area contributed by atoms with Gasteiger partial charge in [-0.2, -0.15) is 0 Å². The predicted molar refractivity (Wildman–Crippen MR) is 49.0 cm³/mol. The molecule has 2 aliphatic rings. The minimum Gasteiger partial charge on any atom is -0.469 e. The van der Waals surface area contributed by atoms with Crippen LogP contribution in [-0.2, 0) is 9.53 Å². The normalized spacial score (nSPS) is 38.2. The minimum absolute atomic E-state index is 0.105. The van der Waals surface area contributed by atoms with Gasteiger partial charge in [0.15, 0.2) is 0 Å². The molecule has 0 unspecified atom stereocenters. The first-order valence-electron chi connectivity index (χ1n) is 5.00. The van der Waals surface area contributed by atoms with Crippen molar-refractivity contribution in [1.29, 1.82) is 0 Å². The highest BCUT2D eigenvalue weighted by Gasteiger charge is 2.54. The average Bonchev–Trinajstić information content (AvgIpc) is 2.86. The zero-order valence-corrected chi connectivity index (χ0v) is 8.08. The van der Waals surface area contributed by atoms with Gasteiger partial charge in [0.2, 0.25) is 0 Å². The van der Waals surface area contributed by atoms with Crippen LogP contribution in [0.3, 0.4) is 0 Å². The number of nitrogens with two attached hydrogens (primary N) is 1. The molecule has 0 spiro atoms. The van der Waals surface area contributed by atoms with Crippen LogP contribution in [0, 0.1) is 17.3 Å². The largest absolute Gasteiger partial charge is 0.469 e. The summed E-state index contributed by atoms with van der Waals surface area (Å²) in [7, 11) is 1.45. The zero-order chi connectivity index (χ0) is 9.47. The van der Waals surface area contributed by atoms with Crippen molar-refractivity contribution in [2.75, 3.05) is 13.7 Å². The van der Waals surface area contributed by atoms with Crippen LogP contribution in [-0.4, -0.2) is 19.6 Å². The molecule has 74 valence electrons. The molecule has 2 aliphatic carbocycles. The van der Waals surface area contributed by atoms with Crippen molar-refractivity contribution < 1.29 is 9.53 Å². The Labute approximate surface area is 78.6 Å². The molecule has 0 aromatic carbocycles. The Balaban J connectivity index is 1.93. The van der Waals surface area contributed by atoms with Crippen LogP contribution in [0.25, 0.3) is 0 Å². The molecular weight excluding hydrogens is 166 g/mol. The molecule has 0 heterocycles. The first-order chi connectivity index (χ1) is 6.22. The van der Waals surface area contributed by atoms with E-state index in [4.69, 9.17) is 10.5 Å². The van der Waals surface area contributed by atoms with Gasteiger partial charge in [0, 0.05) is 6.54 Å². The Morgan fingerprint density at radius 3 is 2.46 bits per heavy atom. The maximum atomic E-state index is 11.4. The molecule has 2 rings (SSSR count). The van der Waals surface area contributed by atoms with E-state index in [9.17, 15) is 4.79 Å². The second kappa shape index (κ2) is 2.98. The SMILES string of the molecule is COC(=O)C1(CN)CC(C2CC2)C1. The number of esters is 1. The van der Waals surface area contributed by atoms with Gasteiger partial charge in [0.05, 0.1) is 12.5 Å². The van der Waals surface area contributed by atoms with E-state index in [0.717, 1.165) is 24.7 Å². The lowest BCUT2D eigenvalue weighted by Crippen LogP contribution is -2.50. The summed E-state index contributed by atoms with van der Waals surface area (Å²) in [5, 5.41) is 0. The lowest BCUT2D eigenvalue weighted by molar-refractivity contribution is -0.161. The van der Waals surface area contributed by atoms with Gasteiger partial charge in [0.25, 0.3) is 0 Å². The average molecular weight is 183 g/mol. The molecule has 0 radical (unpaired) electrons. The number of hydrogen-bond acceptors (Lipinski definition) is 3. The van der Waals surface area contributed by atoms with Gasteiger partial charge < -0.3 is 10.5 Å². The fourth-order valence-corrected chi connectivity index (χ4v) is 2.48. The van der Waals surface area contributed by atoms with Gasteiger partial charge in [0.1, 0.15) is 0 Å². The minimum atomic E-state index is -0.317. The van der Waals surface area contributed by atoms with Crippen LogP contribution in [0.15, 0.2) is 0 Å². The number of methoxy groups -OCH3 is 1. The molecule has 0 aromatic rings. The van der Waals surface area contributed by atoms with Crippen molar-refractivity contribution in [3.8, 4) is 0 Å². The molecule has 0 amide bonds. The second-order valence-electron chi connectivity index (χ2n) is 4.48. The summed E-state index contributed by atoms with van der Waals surface area (Å²) in [5.74, 6) is 1.54. The number of hydrogen-bond donors (Lipinski definition) is 1. The highest BCUT2D eigenvalue weighted by molar-refractivity contribution is 5.78. The highest BCUT2D eigenvalue weighted by atomic mass is 16.5. The third-order valence-corrected chi connectivity index (χ3v) is 3.60. The standard InChI is InChI=1S/C10H17NO2/c1-13-9(12)10(6-11)4-8(5-10)7-2-3-7/h7-8H,2-6,11H2,1H3. The third-order valence-electron chi connectivity index (χ3n) is 3.60. The molecule has 0 aromatic heterocycles. The molecule has 13 heavy (non-hydrogen) atoms. The summed E-state index contributed by atoms with van der Waals surface area (Å²) in [6, 6.07) is 0. The van der Waals surface area contributed by atoms with Crippen molar-refractivity contribution >= 4 is 5.97 Å². The molecule has 0 atom stereocenters. The Hall–Kier alpha value is -0.570. The summed E-state index contributed by atoms with van der Waals surface area (Å²) in [5.41, 5.74) is 5.31. The lowest BCUT2D eigenvalue weighted by atomic mass is 9.60. The van der Waals surface area contributed by atoms with Gasteiger partial charge in [-0.25, -0.2) is 0 Å². The van der Waals surface area contributed by atoms with E-state index in [-0.39, 0.29) is 11.4 Å². The Bertz CT molecular complexity index is 217. The fourth-order valence-electron chi connectivity index (χ4n) is 2.48. The number of rotatable bonds is 3. The first-order valence-corrected chi connectivity index (χ1v) is 5.00. The third kappa shape index (κ3) is 1.35. The van der Waals surface area contributed by atoms with Crippen LogP contribution in [0.1, 0.15) is 25.7 Å². The van der Waals surface area contributed by atoms with Gasteiger partial charge in [-0.3, -0.25) is 4.79 Å². The van der Waals surface area contributed by atoms with Crippen molar-refractivity contribution in [2.45, 2.75) is 25.7 Å². The van der Waals surface area contributed by atoms with Crippen LogP contribution in [0.2, 0.25) is 0 Å². The second-order valence-corrected chi connectivity index (χ2v) is 4.48.